The number of hydrogen-bond acceptors (Lipinski definition) is 2. The normalized spacial score (nSPS) is 10.5. The number of aryl methyl sites for hydroxylation is 1. The first kappa shape index (κ1) is 11.2. The van der Waals surface area contributed by atoms with Crippen LogP contribution in [0.25, 0.3) is 11.3 Å². The molecule has 0 saturated carbocycles. The largest absolute Gasteiger partial charge is 0.496 e. The maximum Gasteiger partial charge on any atom is 0.128 e. The Morgan fingerprint density at radius 1 is 1.31 bits per heavy atom. The van der Waals surface area contributed by atoms with Gasteiger partial charge in [-0.05, 0) is 37.6 Å². The highest BCUT2D eigenvalue weighted by atomic mass is 79.9. The summed E-state index contributed by atoms with van der Waals surface area (Å²) in [7, 11) is 1.67. The van der Waals surface area contributed by atoms with Gasteiger partial charge in [-0.15, -0.1) is 0 Å². The van der Waals surface area contributed by atoms with Crippen LogP contribution in [-0.4, -0.2) is 17.3 Å². The molecule has 0 bridgehead atoms. The molecule has 0 aliphatic carbocycles. The molecule has 16 heavy (non-hydrogen) atoms. The Labute approximate surface area is 103 Å². The summed E-state index contributed by atoms with van der Waals surface area (Å²) in [5.41, 5.74) is 4.17. The van der Waals surface area contributed by atoms with Crippen molar-refractivity contribution in [3.05, 3.63) is 33.9 Å². The first-order chi connectivity index (χ1) is 7.63. The lowest BCUT2D eigenvalue weighted by Crippen LogP contribution is -1.89. The summed E-state index contributed by atoms with van der Waals surface area (Å²) in [4.78, 5) is 0. The number of hydrogen-bond donors (Lipinski definition) is 1. The third kappa shape index (κ3) is 1.85. The minimum absolute atomic E-state index is 0.831. The summed E-state index contributed by atoms with van der Waals surface area (Å²) in [5, 5.41) is 7.29. The van der Waals surface area contributed by atoms with Crippen LogP contribution in [0.3, 0.4) is 0 Å². The molecule has 1 N–H and O–H groups in total. The highest BCUT2D eigenvalue weighted by molar-refractivity contribution is 9.10. The monoisotopic (exact) mass is 280 g/mol. The van der Waals surface area contributed by atoms with Crippen molar-refractivity contribution >= 4 is 15.9 Å². The van der Waals surface area contributed by atoms with Crippen molar-refractivity contribution in [3.63, 3.8) is 0 Å². The lowest BCUT2D eigenvalue weighted by atomic mass is 10.1. The summed E-state index contributed by atoms with van der Waals surface area (Å²) in [5.74, 6) is 0.831. The zero-order chi connectivity index (χ0) is 11.7. The van der Waals surface area contributed by atoms with Crippen molar-refractivity contribution in [3.8, 4) is 17.0 Å². The summed E-state index contributed by atoms with van der Waals surface area (Å²) in [6, 6.07) is 5.90. The van der Waals surface area contributed by atoms with Gasteiger partial charge in [-0.25, -0.2) is 0 Å². The molecule has 0 atom stereocenters. The van der Waals surface area contributed by atoms with E-state index < -0.39 is 0 Å². The van der Waals surface area contributed by atoms with Crippen molar-refractivity contribution in [1.29, 1.82) is 0 Å². The van der Waals surface area contributed by atoms with Gasteiger partial charge >= 0.3 is 0 Å². The number of H-pyrrole nitrogens is 1. The SMILES string of the molecule is COc1ccc(Br)cc1-c1n[nH]c(C)c1C. The fourth-order valence-corrected chi connectivity index (χ4v) is 1.97. The Kier molecular flexibility index (Phi) is 3.01. The van der Waals surface area contributed by atoms with E-state index in [-0.39, 0.29) is 0 Å². The summed E-state index contributed by atoms with van der Waals surface area (Å²) < 4.78 is 6.36. The van der Waals surface area contributed by atoms with Crippen LogP contribution in [0.5, 0.6) is 5.75 Å². The first-order valence-electron chi connectivity index (χ1n) is 4.99. The molecular weight excluding hydrogens is 268 g/mol. The lowest BCUT2D eigenvalue weighted by molar-refractivity contribution is 0.416. The van der Waals surface area contributed by atoms with Gasteiger partial charge in [0.2, 0.25) is 0 Å². The number of benzene rings is 1. The van der Waals surface area contributed by atoms with Gasteiger partial charge in [0.25, 0.3) is 0 Å². The molecule has 2 rings (SSSR count). The van der Waals surface area contributed by atoms with Gasteiger partial charge < -0.3 is 4.74 Å². The number of aromatic nitrogens is 2. The third-order valence-corrected chi connectivity index (χ3v) is 3.16. The molecule has 0 amide bonds. The second-order valence-corrected chi connectivity index (χ2v) is 4.58. The maximum absolute atomic E-state index is 5.34. The standard InChI is InChI=1S/C12H13BrN2O/c1-7-8(2)14-15-12(7)10-6-9(13)4-5-11(10)16-3/h4-6H,1-3H3,(H,14,15). The molecule has 84 valence electrons. The van der Waals surface area contributed by atoms with E-state index in [2.05, 4.69) is 33.1 Å². The van der Waals surface area contributed by atoms with E-state index in [1.54, 1.807) is 7.11 Å². The molecule has 3 nitrogen and oxygen atoms in total. The summed E-state index contributed by atoms with van der Waals surface area (Å²) >= 11 is 3.46. The second-order valence-electron chi connectivity index (χ2n) is 3.67. The van der Waals surface area contributed by atoms with Gasteiger partial charge in [0.1, 0.15) is 5.75 Å². The van der Waals surface area contributed by atoms with E-state index in [1.807, 2.05) is 25.1 Å². The fraction of sp³-hybridized carbons (Fsp3) is 0.250. The number of nitrogens with zero attached hydrogens (tertiary/aromatic N) is 1. The quantitative estimate of drug-likeness (QED) is 0.915. The number of aromatic amines is 1. The Bertz CT molecular complexity index is 520. The molecule has 0 aliphatic heterocycles. The first-order valence-corrected chi connectivity index (χ1v) is 5.78. The minimum atomic E-state index is 0.831. The Morgan fingerprint density at radius 3 is 2.62 bits per heavy atom. The lowest BCUT2D eigenvalue weighted by Gasteiger charge is -2.07. The topological polar surface area (TPSA) is 37.9 Å². The van der Waals surface area contributed by atoms with Crippen LogP contribution in [0, 0.1) is 13.8 Å². The molecule has 1 heterocycles. The van der Waals surface area contributed by atoms with E-state index in [4.69, 9.17) is 4.74 Å². The van der Waals surface area contributed by atoms with Crippen LogP contribution >= 0.6 is 15.9 Å². The van der Waals surface area contributed by atoms with Gasteiger partial charge in [0.15, 0.2) is 0 Å². The van der Waals surface area contributed by atoms with E-state index in [1.165, 1.54) is 0 Å². The predicted octanol–water partition coefficient (Wildman–Crippen LogP) is 3.46. The second kappa shape index (κ2) is 4.29. The van der Waals surface area contributed by atoms with Crippen molar-refractivity contribution in [2.45, 2.75) is 13.8 Å². The maximum atomic E-state index is 5.34. The highest BCUT2D eigenvalue weighted by Crippen LogP contribution is 2.33. The number of nitrogens with one attached hydrogen (secondary N) is 1. The minimum Gasteiger partial charge on any atom is -0.496 e. The number of methoxy groups -OCH3 is 1. The molecule has 0 fully saturated rings. The van der Waals surface area contributed by atoms with Crippen molar-refractivity contribution in [2.75, 3.05) is 7.11 Å². The van der Waals surface area contributed by atoms with Crippen LogP contribution in [0.1, 0.15) is 11.3 Å². The molecular formula is C12H13BrN2O. The van der Waals surface area contributed by atoms with Crippen molar-refractivity contribution < 1.29 is 4.74 Å². The van der Waals surface area contributed by atoms with Crippen LogP contribution < -0.4 is 4.74 Å². The number of rotatable bonds is 2. The number of ether oxygens (including phenoxy) is 1. The van der Waals surface area contributed by atoms with Crippen LogP contribution in [0.4, 0.5) is 0 Å². The fourth-order valence-electron chi connectivity index (χ4n) is 1.61. The molecule has 4 heteroatoms. The zero-order valence-electron chi connectivity index (χ0n) is 9.47. The molecule has 0 aliphatic rings. The predicted molar refractivity (Wildman–Crippen MR) is 67.7 cm³/mol. The van der Waals surface area contributed by atoms with E-state index >= 15 is 0 Å². The van der Waals surface area contributed by atoms with Crippen LogP contribution in [-0.2, 0) is 0 Å². The van der Waals surface area contributed by atoms with Gasteiger partial charge in [-0.2, -0.15) is 5.10 Å². The average Bonchev–Trinajstić information content (AvgIpc) is 2.60. The smallest absolute Gasteiger partial charge is 0.128 e. The zero-order valence-corrected chi connectivity index (χ0v) is 11.1. The Hall–Kier alpha value is -1.29. The molecule has 1 aromatic heterocycles. The number of halogens is 1. The Morgan fingerprint density at radius 2 is 2.06 bits per heavy atom. The van der Waals surface area contributed by atoms with Crippen LogP contribution in [0.15, 0.2) is 22.7 Å². The van der Waals surface area contributed by atoms with Crippen molar-refractivity contribution in [1.82, 2.24) is 10.2 Å². The van der Waals surface area contributed by atoms with E-state index in [9.17, 15) is 0 Å². The van der Waals surface area contributed by atoms with E-state index in [0.717, 1.165) is 32.7 Å². The average molecular weight is 281 g/mol. The summed E-state index contributed by atoms with van der Waals surface area (Å²) in [6.07, 6.45) is 0. The van der Waals surface area contributed by atoms with Gasteiger partial charge in [-0.1, -0.05) is 15.9 Å². The molecule has 0 saturated heterocycles. The Balaban J connectivity index is 2.62. The molecule has 1 aromatic carbocycles. The molecule has 2 aromatic rings. The van der Waals surface area contributed by atoms with Gasteiger partial charge in [-0.3, -0.25) is 5.10 Å². The third-order valence-electron chi connectivity index (χ3n) is 2.67. The van der Waals surface area contributed by atoms with Crippen molar-refractivity contribution in [2.24, 2.45) is 0 Å². The highest BCUT2D eigenvalue weighted by Gasteiger charge is 2.13. The molecule has 0 spiro atoms. The van der Waals surface area contributed by atoms with Gasteiger partial charge in [0.05, 0.1) is 12.8 Å². The summed E-state index contributed by atoms with van der Waals surface area (Å²) in [6.45, 7) is 4.06. The van der Waals surface area contributed by atoms with Crippen LogP contribution in [0.2, 0.25) is 0 Å². The van der Waals surface area contributed by atoms with Gasteiger partial charge in [0, 0.05) is 15.7 Å². The molecule has 0 radical (unpaired) electrons. The van der Waals surface area contributed by atoms with E-state index in [0.29, 0.717) is 0 Å². The molecule has 0 unspecified atom stereocenters.